The zero-order chi connectivity index (χ0) is 11.6. The van der Waals surface area contributed by atoms with Gasteiger partial charge in [-0.25, -0.2) is 13.6 Å². The first-order valence-electron chi connectivity index (χ1n) is 3.88. The molecule has 5 nitrogen and oxygen atoms in total. The number of hydrogen-bond acceptors (Lipinski definition) is 3. The lowest BCUT2D eigenvalue weighted by Gasteiger charge is -2.05. The van der Waals surface area contributed by atoms with Gasteiger partial charge in [0.05, 0.1) is 4.90 Å². The van der Waals surface area contributed by atoms with E-state index in [9.17, 15) is 13.2 Å². The highest BCUT2D eigenvalue weighted by Crippen LogP contribution is 2.20. The molecular formula is C8H9ClN2O3S. The van der Waals surface area contributed by atoms with E-state index < -0.39 is 21.3 Å². The average Bonchev–Trinajstić information content (AvgIpc) is 2.15. The molecule has 0 aromatic heterocycles. The van der Waals surface area contributed by atoms with Crippen molar-refractivity contribution in [3.63, 3.8) is 0 Å². The third-order valence-electron chi connectivity index (χ3n) is 1.75. The zero-order valence-corrected chi connectivity index (χ0v) is 9.12. The van der Waals surface area contributed by atoms with Crippen molar-refractivity contribution in [2.45, 2.75) is 10.3 Å². The Morgan fingerprint density at radius 1 is 1.27 bits per heavy atom. The zero-order valence-electron chi connectivity index (χ0n) is 7.55. The number of carbonyl (C=O) groups is 1. The summed E-state index contributed by atoms with van der Waals surface area (Å²) in [6, 6.07) is 5.32. The van der Waals surface area contributed by atoms with Crippen LogP contribution in [-0.2, 0) is 14.8 Å². The lowest BCUT2D eigenvalue weighted by atomic mass is 10.1. The number of amides is 1. The molecule has 0 aliphatic heterocycles. The fourth-order valence-corrected chi connectivity index (χ4v) is 1.65. The second kappa shape index (κ2) is 4.18. The second-order valence-corrected chi connectivity index (χ2v) is 4.88. The predicted molar refractivity (Wildman–Crippen MR) is 55.6 cm³/mol. The number of nitrogens with two attached hydrogens (primary N) is 2. The van der Waals surface area contributed by atoms with Crippen LogP contribution >= 0.6 is 11.6 Å². The van der Waals surface area contributed by atoms with Crippen LogP contribution in [0.25, 0.3) is 0 Å². The van der Waals surface area contributed by atoms with Crippen LogP contribution in [0, 0.1) is 0 Å². The Morgan fingerprint density at radius 3 is 2.07 bits per heavy atom. The molecule has 0 bridgehead atoms. The van der Waals surface area contributed by atoms with Crippen LogP contribution in [0.5, 0.6) is 0 Å². The lowest BCUT2D eigenvalue weighted by molar-refractivity contribution is -0.117. The van der Waals surface area contributed by atoms with E-state index in [0.29, 0.717) is 5.56 Å². The predicted octanol–water partition coefficient (Wildman–Crippen LogP) is 0.0992. The van der Waals surface area contributed by atoms with E-state index in [0.717, 1.165) is 0 Å². The van der Waals surface area contributed by atoms with Crippen molar-refractivity contribution < 1.29 is 13.2 Å². The molecule has 0 fully saturated rings. The van der Waals surface area contributed by atoms with E-state index in [1.165, 1.54) is 24.3 Å². The molecule has 1 aromatic rings. The molecule has 0 heterocycles. The van der Waals surface area contributed by atoms with Gasteiger partial charge in [-0.1, -0.05) is 12.1 Å². The van der Waals surface area contributed by atoms with Gasteiger partial charge in [0, 0.05) is 0 Å². The van der Waals surface area contributed by atoms with Gasteiger partial charge in [-0.05, 0) is 17.7 Å². The van der Waals surface area contributed by atoms with E-state index in [2.05, 4.69) is 0 Å². The normalized spacial score (nSPS) is 13.5. The molecule has 15 heavy (non-hydrogen) atoms. The summed E-state index contributed by atoms with van der Waals surface area (Å²) in [7, 11) is -3.72. The molecule has 0 aliphatic rings. The van der Waals surface area contributed by atoms with Crippen molar-refractivity contribution in [3.8, 4) is 0 Å². The molecule has 1 amide bonds. The Balaban J connectivity index is 3.06. The molecule has 7 heteroatoms. The first kappa shape index (κ1) is 12.0. The summed E-state index contributed by atoms with van der Waals surface area (Å²) in [5, 5.41) is 3.92. The van der Waals surface area contributed by atoms with Crippen LogP contribution in [0.1, 0.15) is 10.9 Å². The minimum Gasteiger partial charge on any atom is -0.368 e. The van der Waals surface area contributed by atoms with Crippen LogP contribution in [0.4, 0.5) is 0 Å². The van der Waals surface area contributed by atoms with Crippen LogP contribution in [0.3, 0.4) is 0 Å². The molecule has 0 saturated carbocycles. The number of alkyl halides is 1. The van der Waals surface area contributed by atoms with Gasteiger partial charge < -0.3 is 5.73 Å². The molecule has 1 aromatic carbocycles. The lowest BCUT2D eigenvalue weighted by Crippen LogP contribution is -2.17. The summed E-state index contributed by atoms with van der Waals surface area (Å²) in [6.45, 7) is 0. The third-order valence-corrected chi connectivity index (χ3v) is 3.15. The molecule has 1 atom stereocenters. The van der Waals surface area contributed by atoms with Crippen molar-refractivity contribution in [3.05, 3.63) is 29.8 Å². The van der Waals surface area contributed by atoms with Gasteiger partial charge in [-0.15, -0.1) is 11.6 Å². The second-order valence-electron chi connectivity index (χ2n) is 2.88. The fraction of sp³-hybridized carbons (Fsp3) is 0.125. The molecule has 0 radical (unpaired) electrons. The van der Waals surface area contributed by atoms with E-state index >= 15 is 0 Å². The summed E-state index contributed by atoms with van der Waals surface area (Å²) >= 11 is 5.65. The summed E-state index contributed by atoms with van der Waals surface area (Å²) in [4.78, 5) is 10.7. The number of primary amides is 1. The average molecular weight is 249 g/mol. The number of hydrogen-bond donors (Lipinski definition) is 2. The van der Waals surface area contributed by atoms with Crippen molar-refractivity contribution in [1.29, 1.82) is 0 Å². The largest absolute Gasteiger partial charge is 0.368 e. The van der Waals surface area contributed by atoms with Crippen molar-refractivity contribution in [2.24, 2.45) is 10.9 Å². The Morgan fingerprint density at radius 2 is 1.73 bits per heavy atom. The minimum absolute atomic E-state index is 0.0420. The summed E-state index contributed by atoms with van der Waals surface area (Å²) in [5.74, 6) is -0.694. The molecule has 4 N–H and O–H groups in total. The van der Waals surface area contributed by atoms with Gasteiger partial charge in [0.25, 0.3) is 0 Å². The number of rotatable bonds is 3. The fourth-order valence-electron chi connectivity index (χ4n) is 0.991. The van der Waals surface area contributed by atoms with Crippen LogP contribution in [-0.4, -0.2) is 14.3 Å². The number of sulfonamides is 1. The van der Waals surface area contributed by atoms with E-state index in [1.807, 2.05) is 0 Å². The molecule has 0 spiro atoms. The highest BCUT2D eigenvalue weighted by Gasteiger charge is 2.15. The first-order valence-corrected chi connectivity index (χ1v) is 5.87. The monoisotopic (exact) mass is 248 g/mol. The summed E-state index contributed by atoms with van der Waals surface area (Å²) < 4.78 is 21.8. The van der Waals surface area contributed by atoms with E-state index in [4.69, 9.17) is 22.5 Å². The standard InChI is InChI=1S/C8H9ClN2O3S/c9-7(8(10)12)5-1-3-6(4-2-5)15(11,13)14/h1-4,7H,(H2,10,12)(H2,11,13,14). The topological polar surface area (TPSA) is 103 Å². The maximum atomic E-state index is 10.9. The summed E-state index contributed by atoms with van der Waals surface area (Å²) in [6.07, 6.45) is 0. The van der Waals surface area contributed by atoms with Crippen LogP contribution in [0.2, 0.25) is 0 Å². The first-order chi connectivity index (χ1) is 6.82. The summed E-state index contributed by atoms with van der Waals surface area (Å²) in [5.41, 5.74) is 5.41. The molecule has 82 valence electrons. The Kier molecular flexibility index (Phi) is 3.33. The minimum atomic E-state index is -3.72. The SMILES string of the molecule is NC(=O)C(Cl)c1ccc(S(N)(=O)=O)cc1. The van der Waals surface area contributed by atoms with Gasteiger partial charge in [-0.3, -0.25) is 4.79 Å². The van der Waals surface area contributed by atoms with E-state index in [1.54, 1.807) is 0 Å². The van der Waals surface area contributed by atoms with Crippen molar-refractivity contribution >= 4 is 27.5 Å². The van der Waals surface area contributed by atoms with Crippen molar-refractivity contribution in [1.82, 2.24) is 0 Å². The Hall–Kier alpha value is -1.11. The molecule has 1 rings (SSSR count). The molecular weight excluding hydrogens is 240 g/mol. The number of benzene rings is 1. The number of carbonyl (C=O) groups excluding carboxylic acids is 1. The van der Waals surface area contributed by atoms with Crippen LogP contribution in [0.15, 0.2) is 29.2 Å². The quantitative estimate of drug-likeness (QED) is 0.742. The maximum absolute atomic E-state index is 10.9. The molecule has 0 aliphatic carbocycles. The van der Waals surface area contributed by atoms with Gasteiger partial charge in [0.15, 0.2) is 0 Å². The third kappa shape index (κ3) is 2.92. The van der Waals surface area contributed by atoms with Crippen molar-refractivity contribution in [2.75, 3.05) is 0 Å². The van der Waals surface area contributed by atoms with Gasteiger partial charge >= 0.3 is 0 Å². The molecule has 1 unspecified atom stereocenters. The number of halogens is 1. The maximum Gasteiger partial charge on any atom is 0.240 e. The molecule has 0 saturated heterocycles. The van der Waals surface area contributed by atoms with Gasteiger partial charge in [0.2, 0.25) is 15.9 Å². The Labute approximate surface area is 92.1 Å². The van der Waals surface area contributed by atoms with Crippen LogP contribution < -0.4 is 10.9 Å². The smallest absolute Gasteiger partial charge is 0.240 e. The Bertz CT molecular complexity index is 469. The highest BCUT2D eigenvalue weighted by molar-refractivity contribution is 7.89. The number of primary sulfonamides is 1. The van der Waals surface area contributed by atoms with E-state index in [-0.39, 0.29) is 4.90 Å². The highest BCUT2D eigenvalue weighted by atomic mass is 35.5. The van der Waals surface area contributed by atoms with Gasteiger partial charge in [-0.2, -0.15) is 0 Å². The van der Waals surface area contributed by atoms with Gasteiger partial charge in [0.1, 0.15) is 5.38 Å².